The zero-order valence-corrected chi connectivity index (χ0v) is 11.2. The molecule has 0 heterocycles. The van der Waals surface area contributed by atoms with Gasteiger partial charge < -0.3 is 15.6 Å². The van der Waals surface area contributed by atoms with E-state index >= 15 is 0 Å². The number of carbonyl (C=O) groups is 1. The Kier molecular flexibility index (Phi) is 4.10. The second-order valence-corrected chi connectivity index (χ2v) is 5.40. The van der Waals surface area contributed by atoms with Gasteiger partial charge in [-0.1, -0.05) is 30.3 Å². The van der Waals surface area contributed by atoms with Gasteiger partial charge in [0, 0.05) is 5.92 Å². The normalized spacial score (nSPS) is 26.4. The van der Waals surface area contributed by atoms with Crippen LogP contribution in [0.3, 0.4) is 0 Å². The van der Waals surface area contributed by atoms with Gasteiger partial charge in [-0.25, -0.2) is 4.79 Å². The fourth-order valence-corrected chi connectivity index (χ4v) is 2.98. The maximum atomic E-state index is 11.2. The number of aliphatic hydroxyl groups excluding tert-OH is 1. The van der Waals surface area contributed by atoms with Gasteiger partial charge in [0.2, 0.25) is 0 Å². The monoisotopic (exact) mass is 263 g/mol. The maximum Gasteiger partial charge on any atom is 0.405 e. The molecule has 3 N–H and O–H groups in total. The summed E-state index contributed by atoms with van der Waals surface area (Å²) in [6.45, 7) is 1.91. The number of hydrogen-bond donors (Lipinski definition) is 2. The number of nitrogens with two attached hydrogens (primary N) is 1. The maximum absolute atomic E-state index is 11.2. The third-order valence-corrected chi connectivity index (χ3v) is 4.14. The van der Waals surface area contributed by atoms with Crippen molar-refractivity contribution in [1.82, 2.24) is 0 Å². The summed E-state index contributed by atoms with van der Waals surface area (Å²) in [5.41, 5.74) is 5.48. The molecule has 0 bridgehead atoms. The van der Waals surface area contributed by atoms with Crippen LogP contribution in [0.1, 0.15) is 38.2 Å². The average molecular weight is 263 g/mol. The lowest BCUT2D eigenvalue weighted by Gasteiger charge is -2.40. The number of rotatable bonds is 3. The van der Waals surface area contributed by atoms with Crippen LogP contribution in [0.5, 0.6) is 0 Å². The molecule has 1 unspecified atom stereocenters. The highest BCUT2D eigenvalue weighted by molar-refractivity contribution is 5.65. The molecule has 0 saturated heterocycles. The molecule has 1 saturated carbocycles. The van der Waals surface area contributed by atoms with Gasteiger partial charge in [-0.15, -0.1) is 0 Å². The van der Waals surface area contributed by atoms with E-state index in [1.54, 1.807) is 0 Å². The Hall–Kier alpha value is -1.55. The zero-order chi connectivity index (χ0) is 13.9. The third-order valence-electron chi connectivity index (χ3n) is 4.14. The van der Waals surface area contributed by atoms with Crippen LogP contribution in [0.25, 0.3) is 0 Å². The minimum Gasteiger partial charge on any atom is -0.438 e. The summed E-state index contributed by atoms with van der Waals surface area (Å²) >= 11 is 0. The van der Waals surface area contributed by atoms with Crippen molar-refractivity contribution in [2.75, 3.05) is 0 Å². The fraction of sp³-hybridized carbons (Fsp3) is 0.533. The summed E-state index contributed by atoms with van der Waals surface area (Å²) in [6, 6.07) is 9.69. The lowest BCUT2D eigenvalue weighted by Crippen LogP contribution is -2.41. The second-order valence-electron chi connectivity index (χ2n) is 5.40. The van der Waals surface area contributed by atoms with E-state index in [2.05, 4.69) is 0 Å². The van der Waals surface area contributed by atoms with E-state index in [0.717, 1.165) is 31.2 Å². The van der Waals surface area contributed by atoms with E-state index in [1.807, 2.05) is 37.3 Å². The number of ether oxygens (including phenoxy) is 1. The highest BCUT2D eigenvalue weighted by Gasteiger charge is 2.40. The smallest absolute Gasteiger partial charge is 0.405 e. The van der Waals surface area contributed by atoms with Crippen molar-refractivity contribution in [2.45, 2.75) is 44.3 Å². The minimum absolute atomic E-state index is 0.186. The van der Waals surface area contributed by atoms with E-state index in [0.29, 0.717) is 0 Å². The van der Waals surface area contributed by atoms with Gasteiger partial charge in [0.15, 0.2) is 0 Å². The molecule has 0 radical (unpaired) electrons. The molecule has 2 rings (SSSR count). The first kappa shape index (κ1) is 13.9. The standard InChI is InChI=1S/C15H21NO3/c1-15(19-14(16)18,11-5-3-2-4-6-11)12-7-9-13(17)10-8-12/h2-6,12-13,17H,7-10H2,1H3,(H2,16,18)/t12-,13-,15?. The minimum atomic E-state index is -0.752. The molecule has 1 fully saturated rings. The van der Waals surface area contributed by atoms with Crippen molar-refractivity contribution < 1.29 is 14.6 Å². The van der Waals surface area contributed by atoms with Gasteiger partial charge in [0.05, 0.1) is 6.10 Å². The van der Waals surface area contributed by atoms with Crippen LogP contribution in [0.4, 0.5) is 4.79 Å². The predicted molar refractivity (Wildman–Crippen MR) is 72.4 cm³/mol. The summed E-state index contributed by atoms with van der Waals surface area (Å²) in [6.07, 6.45) is 2.17. The van der Waals surface area contributed by atoms with Crippen molar-refractivity contribution >= 4 is 6.09 Å². The molecule has 1 amide bonds. The Balaban J connectivity index is 2.27. The number of carbonyl (C=O) groups excluding carboxylic acids is 1. The Morgan fingerprint density at radius 2 is 1.84 bits per heavy atom. The highest BCUT2D eigenvalue weighted by Crippen LogP contribution is 2.41. The van der Waals surface area contributed by atoms with Gasteiger partial charge in [-0.2, -0.15) is 0 Å². The molecule has 1 aliphatic rings. The van der Waals surface area contributed by atoms with E-state index in [1.165, 1.54) is 0 Å². The van der Waals surface area contributed by atoms with Crippen molar-refractivity contribution in [3.05, 3.63) is 35.9 Å². The van der Waals surface area contributed by atoms with Crippen molar-refractivity contribution in [3.8, 4) is 0 Å². The number of primary amides is 1. The SMILES string of the molecule is CC(OC(N)=O)(c1ccccc1)[C@H]1CC[C@H](O)CC1. The van der Waals surface area contributed by atoms with Gasteiger partial charge in [-0.05, 0) is 38.2 Å². The first-order valence-electron chi connectivity index (χ1n) is 6.74. The van der Waals surface area contributed by atoms with Gasteiger partial charge in [0.1, 0.15) is 5.60 Å². The second kappa shape index (κ2) is 5.61. The predicted octanol–water partition coefficient (Wildman–Crippen LogP) is 2.55. The van der Waals surface area contributed by atoms with Crippen LogP contribution < -0.4 is 5.73 Å². The lowest BCUT2D eigenvalue weighted by molar-refractivity contribution is -0.0465. The van der Waals surface area contributed by atoms with Crippen LogP contribution in [-0.2, 0) is 10.3 Å². The Bertz CT molecular complexity index is 426. The van der Waals surface area contributed by atoms with E-state index in [4.69, 9.17) is 10.5 Å². The third kappa shape index (κ3) is 3.07. The van der Waals surface area contributed by atoms with Gasteiger partial charge in [-0.3, -0.25) is 0 Å². The number of hydrogen-bond acceptors (Lipinski definition) is 3. The number of amides is 1. The molecular formula is C15H21NO3. The highest BCUT2D eigenvalue weighted by atomic mass is 16.6. The fourth-order valence-electron chi connectivity index (χ4n) is 2.98. The quantitative estimate of drug-likeness (QED) is 0.880. The first-order valence-corrected chi connectivity index (χ1v) is 6.74. The Morgan fingerprint density at radius 3 is 2.37 bits per heavy atom. The van der Waals surface area contributed by atoms with Crippen LogP contribution in [0.2, 0.25) is 0 Å². The molecule has 1 aliphatic carbocycles. The van der Waals surface area contributed by atoms with Crippen molar-refractivity contribution in [3.63, 3.8) is 0 Å². The van der Waals surface area contributed by atoms with Gasteiger partial charge in [0.25, 0.3) is 0 Å². The molecule has 4 heteroatoms. The molecule has 1 aromatic carbocycles. The van der Waals surface area contributed by atoms with Crippen LogP contribution >= 0.6 is 0 Å². The Labute approximate surface area is 113 Å². The molecule has 1 atom stereocenters. The molecule has 4 nitrogen and oxygen atoms in total. The van der Waals surface area contributed by atoms with E-state index in [9.17, 15) is 9.90 Å². The molecule has 104 valence electrons. The van der Waals surface area contributed by atoms with Crippen LogP contribution in [0, 0.1) is 5.92 Å². The molecule has 0 spiro atoms. The van der Waals surface area contributed by atoms with Crippen molar-refractivity contribution in [2.24, 2.45) is 11.7 Å². The first-order chi connectivity index (χ1) is 9.02. The van der Waals surface area contributed by atoms with E-state index < -0.39 is 11.7 Å². The molecule has 0 aliphatic heterocycles. The Morgan fingerprint density at radius 1 is 1.26 bits per heavy atom. The number of benzene rings is 1. The zero-order valence-electron chi connectivity index (χ0n) is 11.2. The summed E-state index contributed by atoms with van der Waals surface area (Å²) in [5.74, 6) is 0.186. The van der Waals surface area contributed by atoms with Gasteiger partial charge >= 0.3 is 6.09 Å². The van der Waals surface area contributed by atoms with Crippen molar-refractivity contribution in [1.29, 1.82) is 0 Å². The van der Waals surface area contributed by atoms with Crippen LogP contribution in [0.15, 0.2) is 30.3 Å². The molecular weight excluding hydrogens is 242 g/mol. The molecule has 1 aromatic rings. The number of aliphatic hydroxyl groups is 1. The topological polar surface area (TPSA) is 72.5 Å². The van der Waals surface area contributed by atoms with E-state index in [-0.39, 0.29) is 12.0 Å². The summed E-state index contributed by atoms with van der Waals surface area (Å²) < 4.78 is 5.46. The average Bonchev–Trinajstić information content (AvgIpc) is 2.39. The summed E-state index contributed by atoms with van der Waals surface area (Å²) in [7, 11) is 0. The molecule has 19 heavy (non-hydrogen) atoms. The van der Waals surface area contributed by atoms with Crippen LogP contribution in [-0.4, -0.2) is 17.3 Å². The summed E-state index contributed by atoms with van der Waals surface area (Å²) in [4.78, 5) is 11.2. The lowest BCUT2D eigenvalue weighted by atomic mass is 9.73. The molecule has 0 aromatic heterocycles. The summed E-state index contributed by atoms with van der Waals surface area (Å²) in [5, 5.41) is 9.61. The largest absolute Gasteiger partial charge is 0.438 e.